The van der Waals surface area contributed by atoms with Crippen LogP contribution >= 0.6 is 0 Å². The molecule has 1 aromatic carbocycles. The third-order valence-electron chi connectivity index (χ3n) is 5.50. The van der Waals surface area contributed by atoms with Crippen molar-refractivity contribution in [2.75, 3.05) is 0 Å². The number of carbonyl (C=O) groups is 1. The predicted octanol–water partition coefficient (Wildman–Crippen LogP) is 4.47. The minimum Gasteiger partial charge on any atom is -0.293 e. The maximum atomic E-state index is 12.9. The number of benzene rings is 1. The molecule has 0 bridgehead atoms. The molecule has 0 aromatic heterocycles. The van der Waals surface area contributed by atoms with Gasteiger partial charge >= 0.3 is 0 Å². The minimum absolute atomic E-state index is 0.130. The van der Waals surface area contributed by atoms with Gasteiger partial charge in [-0.2, -0.15) is 0 Å². The van der Waals surface area contributed by atoms with Gasteiger partial charge in [-0.1, -0.05) is 47.6 Å². The lowest BCUT2D eigenvalue weighted by Crippen LogP contribution is -2.29. The maximum absolute atomic E-state index is 12.9. The number of allylic oxidation sites excluding steroid dienone is 4. The monoisotopic (exact) mass is 264 g/mol. The SMILES string of the molecule is Cc1ccc(C2=C3CCC[C@@]34CCC=C[C@@H]4C2=O)cc1. The highest BCUT2D eigenvalue weighted by atomic mass is 16.1. The number of hydrogen-bond acceptors (Lipinski definition) is 1. The molecule has 102 valence electrons. The molecule has 1 fully saturated rings. The summed E-state index contributed by atoms with van der Waals surface area (Å²) in [4.78, 5) is 12.9. The van der Waals surface area contributed by atoms with Crippen molar-refractivity contribution in [2.45, 2.75) is 39.0 Å². The summed E-state index contributed by atoms with van der Waals surface area (Å²) in [5.41, 5.74) is 5.11. The molecule has 4 rings (SSSR count). The standard InChI is InChI=1S/C19H20O/c1-13-7-9-14(10-8-13)17-15-6-4-12-19(15)11-3-2-5-16(19)18(17)20/h2,5,7-10,16H,3-4,6,11-12H2,1H3/t16-,19+/m1/s1. The van der Waals surface area contributed by atoms with Crippen LogP contribution in [0, 0.1) is 18.3 Å². The van der Waals surface area contributed by atoms with Crippen molar-refractivity contribution in [3.05, 3.63) is 53.1 Å². The number of rotatable bonds is 1. The Morgan fingerprint density at radius 1 is 1.15 bits per heavy atom. The van der Waals surface area contributed by atoms with Crippen LogP contribution in [0.2, 0.25) is 0 Å². The lowest BCUT2D eigenvalue weighted by molar-refractivity contribution is -0.117. The quantitative estimate of drug-likeness (QED) is 0.684. The van der Waals surface area contributed by atoms with E-state index in [1.807, 2.05) is 0 Å². The van der Waals surface area contributed by atoms with Crippen LogP contribution in [0.15, 0.2) is 42.0 Å². The fourth-order valence-corrected chi connectivity index (χ4v) is 4.57. The second kappa shape index (κ2) is 4.18. The van der Waals surface area contributed by atoms with Crippen LogP contribution in [-0.4, -0.2) is 5.78 Å². The zero-order chi connectivity index (χ0) is 13.7. The van der Waals surface area contributed by atoms with Gasteiger partial charge in [0, 0.05) is 16.9 Å². The van der Waals surface area contributed by atoms with Gasteiger partial charge in [-0.25, -0.2) is 0 Å². The lowest BCUT2D eigenvalue weighted by Gasteiger charge is -2.34. The van der Waals surface area contributed by atoms with E-state index in [1.54, 1.807) is 0 Å². The van der Waals surface area contributed by atoms with E-state index in [9.17, 15) is 4.79 Å². The largest absolute Gasteiger partial charge is 0.293 e. The van der Waals surface area contributed by atoms with Crippen molar-refractivity contribution in [3.8, 4) is 0 Å². The zero-order valence-electron chi connectivity index (χ0n) is 12.0. The van der Waals surface area contributed by atoms with E-state index in [4.69, 9.17) is 0 Å². The molecule has 0 N–H and O–H groups in total. The Hall–Kier alpha value is -1.63. The molecule has 0 saturated heterocycles. The Bertz CT molecular complexity index is 632. The third-order valence-corrected chi connectivity index (χ3v) is 5.50. The first-order chi connectivity index (χ1) is 9.72. The molecule has 1 heteroatoms. The molecule has 20 heavy (non-hydrogen) atoms. The molecule has 0 heterocycles. The summed E-state index contributed by atoms with van der Waals surface area (Å²) in [5.74, 6) is 0.504. The summed E-state index contributed by atoms with van der Waals surface area (Å²) in [7, 11) is 0. The van der Waals surface area contributed by atoms with E-state index in [2.05, 4.69) is 43.3 Å². The van der Waals surface area contributed by atoms with Crippen LogP contribution in [0.3, 0.4) is 0 Å². The summed E-state index contributed by atoms with van der Waals surface area (Å²) < 4.78 is 0. The second-order valence-electron chi connectivity index (χ2n) is 6.54. The first-order valence-electron chi connectivity index (χ1n) is 7.74. The lowest BCUT2D eigenvalue weighted by atomic mass is 9.69. The highest BCUT2D eigenvalue weighted by Gasteiger charge is 2.54. The van der Waals surface area contributed by atoms with Gasteiger partial charge in [0.15, 0.2) is 5.78 Å². The fraction of sp³-hybridized carbons (Fsp3) is 0.421. The molecule has 2 atom stereocenters. The van der Waals surface area contributed by atoms with E-state index >= 15 is 0 Å². The summed E-state index contributed by atoms with van der Waals surface area (Å²) in [5, 5.41) is 0. The number of ketones is 1. The third kappa shape index (κ3) is 1.47. The Morgan fingerprint density at radius 2 is 1.95 bits per heavy atom. The molecule has 1 aromatic rings. The molecule has 0 amide bonds. The molecule has 3 aliphatic rings. The average molecular weight is 264 g/mol. The van der Waals surface area contributed by atoms with Crippen molar-refractivity contribution in [1.82, 2.24) is 0 Å². The van der Waals surface area contributed by atoms with Gasteiger partial charge in [0.1, 0.15) is 0 Å². The Labute approximate surface area is 120 Å². The summed E-state index contributed by atoms with van der Waals surface area (Å²) in [6, 6.07) is 8.50. The Kier molecular flexibility index (Phi) is 2.54. The van der Waals surface area contributed by atoms with Crippen molar-refractivity contribution in [2.24, 2.45) is 11.3 Å². The fourth-order valence-electron chi connectivity index (χ4n) is 4.57. The van der Waals surface area contributed by atoms with E-state index in [0.717, 1.165) is 24.0 Å². The molecule has 0 aliphatic heterocycles. The molecule has 1 spiro atoms. The van der Waals surface area contributed by atoms with Crippen molar-refractivity contribution in [1.29, 1.82) is 0 Å². The van der Waals surface area contributed by atoms with Crippen LogP contribution in [0.25, 0.3) is 5.57 Å². The van der Waals surface area contributed by atoms with Crippen LogP contribution < -0.4 is 0 Å². The summed E-state index contributed by atoms with van der Waals surface area (Å²) in [6.45, 7) is 2.09. The van der Waals surface area contributed by atoms with Crippen LogP contribution in [-0.2, 0) is 4.79 Å². The minimum atomic E-state index is 0.130. The summed E-state index contributed by atoms with van der Waals surface area (Å²) in [6.07, 6.45) is 10.3. The van der Waals surface area contributed by atoms with E-state index in [-0.39, 0.29) is 11.3 Å². The van der Waals surface area contributed by atoms with Crippen molar-refractivity contribution < 1.29 is 4.79 Å². The molecular weight excluding hydrogens is 244 g/mol. The Morgan fingerprint density at radius 3 is 2.75 bits per heavy atom. The van der Waals surface area contributed by atoms with Gasteiger partial charge in [0.25, 0.3) is 0 Å². The number of hydrogen-bond donors (Lipinski definition) is 0. The smallest absolute Gasteiger partial charge is 0.171 e. The van der Waals surface area contributed by atoms with Crippen molar-refractivity contribution in [3.63, 3.8) is 0 Å². The highest BCUT2D eigenvalue weighted by molar-refractivity contribution is 6.26. The average Bonchev–Trinajstić information content (AvgIpc) is 2.95. The molecule has 3 aliphatic carbocycles. The summed E-state index contributed by atoms with van der Waals surface area (Å²) >= 11 is 0. The number of carbonyl (C=O) groups excluding carboxylic acids is 1. The number of aryl methyl sites for hydroxylation is 1. The number of Topliss-reactive ketones (excluding diaryl/α,β-unsaturated/α-hetero) is 1. The van der Waals surface area contributed by atoms with E-state index in [0.29, 0.717) is 5.78 Å². The van der Waals surface area contributed by atoms with Gasteiger partial charge in [-0.3, -0.25) is 4.79 Å². The van der Waals surface area contributed by atoms with Gasteiger partial charge in [0.05, 0.1) is 0 Å². The van der Waals surface area contributed by atoms with E-state index < -0.39 is 0 Å². The highest BCUT2D eigenvalue weighted by Crippen LogP contribution is 2.61. The molecular formula is C19H20O. The van der Waals surface area contributed by atoms with Crippen molar-refractivity contribution >= 4 is 11.4 Å². The molecule has 1 saturated carbocycles. The van der Waals surface area contributed by atoms with Crippen LogP contribution in [0.1, 0.15) is 43.2 Å². The van der Waals surface area contributed by atoms with Crippen LogP contribution in [0.4, 0.5) is 0 Å². The van der Waals surface area contributed by atoms with Gasteiger partial charge in [-0.15, -0.1) is 0 Å². The predicted molar refractivity (Wildman–Crippen MR) is 81.3 cm³/mol. The second-order valence-corrected chi connectivity index (χ2v) is 6.54. The molecule has 0 radical (unpaired) electrons. The van der Waals surface area contributed by atoms with E-state index in [1.165, 1.54) is 30.4 Å². The Balaban J connectivity index is 1.90. The normalized spacial score (nSPS) is 31.6. The first kappa shape index (κ1) is 12.1. The van der Waals surface area contributed by atoms with Crippen LogP contribution in [0.5, 0.6) is 0 Å². The first-order valence-corrected chi connectivity index (χ1v) is 7.74. The molecule has 1 nitrogen and oxygen atoms in total. The molecule has 0 unspecified atom stereocenters. The topological polar surface area (TPSA) is 17.1 Å². The van der Waals surface area contributed by atoms with Gasteiger partial charge in [-0.05, 0) is 44.6 Å². The zero-order valence-corrected chi connectivity index (χ0v) is 12.0. The van der Waals surface area contributed by atoms with Gasteiger partial charge < -0.3 is 0 Å². The maximum Gasteiger partial charge on any atom is 0.171 e. The van der Waals surface area contributed by atoms with Gasteiger partial charge in [0.2, 0.25) is 0 Å².